The van der Waals surface area contributed by atoms with E-state index in [0.29, 0.717) is 6.54 Å². The summed E-state index contributed by atoms with van der Waals surface area (Å²) in [5, 5.41) is 2.78. The molecule has 1 N–H and O–H groups in total. The highest BCUT2D eigenvalue weighted by Crippen LogP contribution is 2.32. The van der Waals surface area contributed by atoms with Gasteiger partial charge < -0.3 is 10.2 Å². The summed E-state index contributed by atoms with van der Waals surface area (Å²) in [6, 6.07) is 11.6. The lowest BCUT2D eigenvalue weighted by atomic mass is 10.1. The van der Waals surface area contributed by atoms with Crippen LogP contribution in [0.4, 0.5) is 5.69 Å². The van der Waals surface area contributed by atoms with Gasteiger partial charge in [0, 0.05) is 30.7 Å². The third-order valence-corrected chi connectivity index (χ3v) is 4.03. The summed E-state index contributed by atoms with van der Waals surface area (Å²) in [4.78, 5) is 30.2. The van der Waals surface area contributed by atoms with Gasteiger partial charge in [-0.15, -0.1) is 0 Å². The van der Waals surface area contributed by atoms with E-state index in [4.69, 9.17) is 0 Å². The van der Waals surface area contributed by atoms with E-state index in [2.05, 4.69) is 10.3 Å². The van der Waals surface area contributed by atoms with Gasteiger partial charge in [0.05, 0.1) is 0 Å². The SMILES string of the molecule is CC1Cc2ccccc2N1C(=O)CC(=O)NCc1ccncc1. The highest BCUT2D eigenvalue weighted by molar-refractivity contribution is 6.06. The zero-order valence-corrected chi connectivity index (χ0v) is 13.0. The normalized spacial score (nSPS) is 16.0. The van der Waals surface area contributed by atoms with Crippen LogP contribution in [0, 0.1) is 0 Å². The van der Waals surface area contributed by atoms with Crippen molar-refractivity contribution in [2.75, 3.05) is 4.90 Å². The average Bonchev–Trinajstić information content (AvgIpc) is 2.89. The topological polar surface area (TPSA) is 62.3 Å². The van der Waals surface area contributed by atoms with Gasteiger partial charge in [-0.05, 0) is 42.7 Å². The van der Waals surface area contributed by atoms with Gasteiger partial charge in [-0.3, -0.25) is 14.6 Å². The minimum atomic E-state index is -0.261. The number of para-hydroxylation sites is 1. The highest BCUT2D eigenvalue weighted by Gasteiger charge is 2.31. The summed E-state index contributed by atoms with van der Waals surface area (Å²) in [6.07, 6.45) is 4.05. The smallest absolute Gasteiger partial charge is 0.236 e. The first kappa shape index (κ1) is 15.2. The molecular weight excluding hydrogens is 290 g/mol. The number of carbonyl (C=O) groups excluding carboxylic acids is 2. The van der Waals surface area contributed by atoms with Crippen LogP contribution in [-0.4, -0.2) is 22.8 Å². The fourth-order valence-electron chi connectivity index (χ4n) is 2.93. The highest BCUT2D eigenvalue weighted by atomic mass is 16.2. The monoisotopic (exact) mass is 309 g/mol. The molecule has 23 heavy (non-hydrogen) atoms. The minimum absolute atomic E-state index is 0.0906. The molecule has 1 aliphatic rings. The van der Waals surface area contributed by atoms with E-state index in [-0.39, 0.29) is 24.3 Å². The van der Waals surface area contributed by atoms with Crippen LogP contribution in [0.1, 0.15) is 24.5 Å². The van der Waals surface area contributed by atoms with Crippen LogP contribution in [0.5, 0.6) is 0 Å². The largest absolute Gasteiger partial charge is 0.352 e. The molecule has 0 fully saturated rings. The second-order valence-corrected chi connectivity index (χ2v) is 5.75. The van der Waals surface area contributed by atoms with Crippen molar-refractivity contribution in [3.63, 3.8) is 0 Å². The molecule has 0 spiro atoms. The lowest BCUT2D eigenvalue weighted by Gasteiger charge is -2.22. The molecule has 1 aromatic carbocycles. The molecule has 1 unspecified atom stereocenters. The summed E-state index contributed by atoms with van der Waals surface area (Å²) >= 11 is 0. The second-order valence-electron chi connectivity index (χ2n) is 5.75. The zero-order chi connectivity index (χ0) is 16.2. The Morgan fingerprint density at radius 2 is 1.96 bits per heavy atom. The van der Waals surface area contributed by atoms with Crippen molar-refractivity contribution in [3.8, 4) is 0 Å². The van der Waals surface area contributed by atoms with Gasteiger partial charge in [0.1, 0.15) is 6.42 Å². The molecule has 2 aromatic rings. The van der Waals surface area contributed by atoms with Crippen LogP contribution in [0.2, 0.25) is 0 Å². The van der Waals surface area contributed by atoms with Crippen molar-refractivity contribution in [2.24, 2.45) is 0 Å². The summed E-state index contributed by atoms with van der Waals surface area (Å²) in [6.45, 7) is 2.41. The summed E-state index contributed by atoms with van der Waals surface area (Å²) in [5.74, 6) is -0.418. The Morgan fingerprint density at radius 3 is 2.74 bits per heavy atom. The number of rotatable bonds is 4. The fraction of sp³-hybridized carbons (Fsp3) is 0.278. The van der Waals surface area contributed by atoms with Crippen molar-refractivity contribution in [1.29, 1.82) is 0 Å². The number of nitrogens with zero attached hydrogens (tertiary/aromatic N) is 2. The molecule has 2 heterocycles. The van der Waals surface area contributed by atoms with E-state index >= 15 is 0 Å². The van der Waals surface area contributed by atoms with Crippen LogP contribution < -0.4 is 10.2 Å². The molecule has 3 rings (SSSR count). The lowest BCUT2D eigenvalue weighted by Crippen LogP contribution is -2.39. The third kappa shape index (κ3) is 3.39. The van der Waals surface area contributed by atoms with Gasteiger partial charge in [-0.1, -0.05) is 18.2 Å². The van der Waals surface area contributed by atoms with Crippen LogP contribution >= 0.6 is 0 Å². The first-order valence-electron chi connectivity index (χ1n) is 7.70. The van der Waals surface area contributed by atoms with Crippen molar-refractivity contribution < 1.29 is 9.59 Å². The first-order chi connectivity index (χ1) is 11.1. The zero-order valence-electron chi connectivity index (χ0n) is 13.0. The van der Waals surface area contributed by atoms with Crippen LogP contribution in [0.25, 0.3) is 0 Å². The Bertz CT molecular complexity index is 715. The molecule has 5 heteroatoms. The maximum atomic E-state index is 12.5. The van der Waals surface area contributed by atoms with Crippen molar-refractivity contribution in [1.82, 2.24) is 10.3 Å². The van der Waals surface area contributed by atoms with Crippen molar-refractivity contribution >= 4 is 17.5 Å². The quantitative estimate of drug-likeness (QED) is 0.879. The third-order valence-electron chi connectivity index (χ3n) is 4.03. The predicted octanol–water partition coefficient (Wildman–Crippen LogP) is 2.07. The standard InChI is InChI=1S/C18H19N3O2/c1-13-10-15-4-2-3-5-16(15)21(13)18(23)11-17(22)20-12-14-6-8-19-9-7-14/h2-9,13H,10-12H2,1H3,(H,20,22). The predicted molar refractivity (Wildman–Crippen MR) is 87.8 cm³/mol. The maximum Gasteiger partial charge on any atom is 0.236 e. The van der Waals surface area contributed by atoms with Crippen LogP contribution in [0.3, 0.4) is 0 Å². The minimum Gasteiger partial charge on any atom is -0.352 e. The molecule has 0 bridgehead atoms. The number of anilines is 1. The van der Waals surface area contributed by atoms with Gasteiger partial charge in [0.2, 0.25) is 11.8 Å². The second kappa shape index (κ2) is 6.60. The number of carbonyl (C=O) groups is 2. The van der Waals surface area contributed by atoms with Gasteiger partial charge in [0.25, 0.3) is 0 Å². The number of hydrogen-bond donors (Lipinski definition) is 1. The van der Waals surface area contributed by atoms with Gasteiger partial charge in [-0.2, -0.15) is 0 Å². The molecule has 5 nitrogen and oxygen atoms in total. The van der Waals surface area contributed by atoms with Crippen molar-refractivity contribution in [3.05, 3.63) is 59.9 Å². The maximum absolute atomic E-state index is 12.5. The molecular formula is C18H19N3O2. The summed E-state index contributed by atoms with van der Waals surface area (Å²) in [5.41, 5.74) is 3.04. The molecule has 0 radical (unpaired) electrons. The first-order valence-corrected chi connectivity index (χ1v) is 7.70. The Morgan fingerprint density at radius 1 is 1.22 bits per heavy atom. The number of fused-ring (bicyclic) bond motifs is 1. The molecule has 0 saturated carbocycles. The number of hydrogen-bond acceptors (Lipinski definition) is 3. The van der Waals surface area contributed by atoms with E-state index in [1.54, 1.807) is 17.3 Å². The number of pyridine rings is 1. The molecule has 0 aliphatic carbocycles. The molecule has 1 aromatic heterocycles. The number of aromatic nitrogens is 1. The Labute approximate surface area is 135 Å². The summed E-state index contributed by atoms with van der Waals surface area (Å²) < 4.78 is 0. The van der Waals surface area contributed by atoms with Crippen LogP contribution in [-0.2, 0) is 22.6 Å². The Kier molecular flexibility index (Phi) is 4.37. The number of benzene rings is 1. The van der Waals surface area contributed by atoms with Crippen LogP contribution in [0.15, 0.2) is 48.8 Å². The van der Waals surface area contributed by atoms with Crippen molar-refractivity contribution in [2.45, 2.75) is 32.4 Å². The Balaban J connectivity index is 1.60. The molecule has 0 saturated heterocycles. The lowest BCUT2D eigenvalue weighted by molar-refractivity contribution is -0.128. The van der Waals surface area contributed by atoms with Gasteiger partial charge in [-0.25, -0.2) is 0 Å². The van der Waals surface area contributed by atoms with E-state index < -0.39 is 0 Å². The van der Waals surface area contributed by atoms with E-state index in [0.717, 1.165) is 23.2 Å². The van der Waals surface area contributed by atoms with Gasteiger partial charge in [0.15, 0.2) is 0 Å². The van der Waals surface area contributed by atoms with E-state index in [1.165, 1.54) is 0 Å². The van der Waals surface area contributed by atoms with E-state index in [9.17, 15) is 9.59 Å². The summed E-state index contributed by atoms with van der Waals surface area (Å²) in [7, 11) is 0. The van der Waals surface area contributed by atoms with E-state index in [1.807, 2.05) is 43.3 Å². The fourth-order valence-corrected chi connectivity index (χ4v) is 2.93. The molecule has 1 atom stereocenters. The molecule has 2 amide bonds. The molecule has 118 valence electrons. The average molecular weight is 309 g/mol. The Hall–Kier alpha value is -2.69. The molecule has 1 aliphatic heterocycles. The number of nitrogens with one attached hydrogen (secondary N) is 1. The van der Waals surface area contributed by atoms with Gasteiger partial charge >= 0.3 is 0 Å². The number of amides is 2.